The first-order valence-electron chi connectivity index (χ1n) is 5.59. The fourth-order valence-electron chi connectivity index (χ4n) is 2.44. The van der Waals surface area contributed by atoms with Crippen LogP contribution in [0.4, 0.5) is 0 Å². The summed E-state index contributed by atoms with van der Waals surface area (Å²) in [6.45, 7) is 10.2. The van der Waals surface area contributed by atoms with Gasteiger partial charge in [0.2, 0.25) is 5.91 Å². The van der Waals surface area contributed by atoms with E-state index >= 15 is 0 Å². The third-order valence-electron chi connectivity index (χ3n) is 2.58. The maximum atomic E-state index is 10.9. The van der Waals surface area contributed by atoms with Crippen molar-refractivity contribution in [3.8, 4) is 0 Å². The lowest BCUT2D eigenvalue weighted by Gasteiger charge is -2.47. The second-order valence-corrected chi connectivity index (χ2v) is 5.80. The number of hydrogen-bond donors (Lipinski definition) is 2. The van der Waals surface area contributed by atoms with Gasteiger partial charge in [0.15, 0.2) is 0 Å². The minimum atomic E-state index is -0.607. The highest BCUT2D eigenvalue weighted by atomic mass is 16.5. The minimum Gasteiger partial charge on any atom is -0.368 e. The van der Waals surface area contributed by atoms with Crippen LogP contribution in [-0.4, -0.2) is 47.7 Å². The first-order chi connectivity index (χ1) is 7.11. The van der Waals surface area contributed by atoms with Crippen LogP contribution in [0.25, 0.3) is 0 Å². The van der Waals surface area contributed by atoms with Crippen molar-refractivity contribution in [1.82, 2.24) is 4.90 Å². The van der Waals surface area contributed by atoms with E-state index in [4.69, 9.17) is 16.2 Å². The smallest absolute Gasteiger partial charge is 0.235 e. The van der Waals surface area contributed by atoms with Crippen LogP contribution in [0.1, 0.15) is 27.7 Å². The molecule has 1 heterocycles. The van der Waals surface area contributed by atoms with Crippen molar-refractivity contribution in [3.63, 3.8) is 0 Å². The summed E-state index contributed by atoms with van der Waals surface area (Å²) in [6.07, 6.45) is 0. The largest absolute Gasteiger partial charge is 0.368 e. The van der Waals surface area contributed by atoms with Crippen molar-refractivity contribution in [2.24, 2.45) is 11.5 Å². The summed E-state index contributed by atoms with van der Waals surface area (Å²) in [4.78, 5) is 13.1. The van der Waals surface area contributed by atoms with Crippen LogP contribution in [0.3, 0.4) is 0 Å². The Hall–Kier alpha value is -0.650. The fraction of sp³-hybridized carbons (Fsp3) is 0.909. The summed E-state index contributed by atoms with van der Waals surface area (Å²) >= 11 is 0. The topological polar surface area (TPSA) is 81.6 Å². The van der Waals surface area contributed by atoms with Gasteiger partial charge >= 0.3 is 0 Å². The van der Waals surface area contributed by atoms with Gasteiger partial charge in [-0.1, -0.05) is 0 Å². The third-order valence-corrected chi connectivity index (χ3v) is 2.58. The normalized spacial score (nSPS) is 26.3. The molecule has 0 bridgehead atoms. The molecule has 5 heteroatoms. The third kappa shape index (κ3) is 3.73. The van der Waals surface area contributed by atoms with Crippen molar-refractivity contribution in [2.45, 2.75) is 44.9 Å². The molecule has 1 aliphatic rings. The Balaban J connectivity index is 2.64. The lowest BCUT2D eigenvalue weighted by atomic mass is 9.98. The molecular formula is C11H23N3O2. The molecule has 4 N–H and O–H groups in total. The summed E-state index contributed by atoms with van der Waals surface area (Å²) in [5.74, 6) is -0.456. The predicted molar refractivity (Wildman–Crippen MR) is 62.9 cm³/mol. The van der Waals surface area contributed by atoms with Crippen LogP contribution in [0, 0.1) is 0 Å². The van der Waals surface area contributed by atoms with Crippen molar-refractivity contribution in [2.75, 3.05) is 19.6 Å². The minimum absolute atomic E-state index is 0.223. The molecule has 16 heavy (non-hydrogen) atoms. The lowest BCUT2D eigenvalue weighted by molar-refractivity contribution is -0.181. The molecule has 0 aromatic carbocycles. The SMILES string of the molecule is CC1(C)CN(CC(N)C(N)=O)CC(C)(C)O1. The van der Waals surface area contributed by atoms with Crippen molar-refractivity contribution < 1.29 is 9.53 Å². The molecule has 5 nitrogen and oxygen atoms in total. The van der Waals surface area contributed by atoms with E-state index in [0.717, 1.165) is 13.1 Å². The summed E-state index contributed by atoms with van der Waals surface area (Å²) in [7, 11) is 0. The van der Waals surface area contributed by atoms with Gasteiger partial charge in [0, 0.05) is 19.6 Å². The Kier molecular flexibility index (Phi) is 3.62. The van der Waals surface area contributed by atoms with E-state index in [-0.39, 0.29) is 11.2 Å². The van der Waals surface area contributed by atoms with Crippen LogP contribution >= 0.6 is 0 Å². The zero-order valence-electron chi connectivity index (χ0n) is 10.6. The Morgan fingerprint density at radius 2 is 1.75 bits per heavy atom. The molecule has 1 unspecified atom stereocenters. The van der Waals surface area contributed by atoms with Gasteiger partial charge in [-0.2, -0.15) is 0 Å². The van der Waals surface area contributed by atoms with Gasteiger partial charge in [0.1, 0.15) is 0 Å². The van der Waals surface area contributed by atoms with Gasteiger partial charge < -0.3 is 16.2 Å². The molecule has 0 spiro atoms. The molecule has 1 aliphatic heterocycles. The van der Waals surface area contributed by atoms with Gasteiger partial charge in [-0.05, 0) is 27.7 Å². The average molecular weight is 229 g/mol. The zero-order chi connectivity index (χ0) is 12.6. The van der Waals surface area contributed by atoms with Gasteiger partial charge in [-0.25, -0.2) is 0 Å². The molecule has 1 rings (SSSR count). The lowest BCUT2D eigenvalue weighted by Crippen LogP contribution is -2.60. The highest BCUT2D eigenvalue weighted by molar-refractivity contribution is 5.79. The van der Waals surface area contributed by atoms with Gasteiger partial charge in [0.25, 0.3) is 0 Å². The van der Waals surface area contributed by atoms with E-state index in [0.29, 0.717) is 6.54 Å². The van der Waals surface area contributed by atoms with Gasteiger partial charge in [-0.3, -0.25) is 9.69 Å². The molecule has 94 valence electrons. The van der Waals surface area contributed by atoms with Crippen molar-refractivity contribution in [3.05, 3.63) is 0 Å². The molecule has 0 aromatic heterocycles. The number of carbonyl (C=O) groups is 1. The number of morpholine rings is 1. The van der Waals surface area contributed by atoms with Gasteiger partial charge in [0.05, 0.1) is 17.2 Å². The maximum Gasteiger partial charge on any atom is 0.235 e. The predicted octanol–water partition coefficient (Wildman–Crippen LogP) is -0.312. The number of rotatable bonds is 3. The first kappa shape index (κ1) is 13.4. The standard InChI is InChI=1S/C11H23N3O2/c1-10(2)6-14(5-8(12)9(13)15)7-11(3,4)16-10/h8H,5-7,12H2,1-4H3,(H2,13,15). The van der Waals surface area contributed by atoms with E-state index in [1.165, 1.54) is 0 Å². The molecule has 1 amide bonds. The monoisotopic (exact) mass is 229 g/mol. The van der Waals surface area contributed by atoms with E-state index < -0.39 is 11.9 Å². The maximum absolute atomic E-state index is 10.9. The van der Waals surface area contributed by atoms with Crippen LogP contribution in [0.15, 0.2) is 0 Å². The Labute approximate surface area is 97.1 Å². The van der Waals surface area contributed by atoms with E-state index in [2.05, 4.69) is 4.90 Å². The number of primary amides is 1. The van der Waals surface area contributed by atoms with E-state index in [9.17, 15) is 4.79 Å². The van der Waals surface area contributed by atoms with Crippen LogP contribution in [0.5, 0.6) is 0 Å². The highest BCUT2D eigenvalue weighted by Crippen LogP contribution is 2.27. The number of carbonyl (C=O) groups excluding carboxylic acids is 1. The fourth-order valence-corrected chi connectivity index (χ4v) is 2.44. The van der Waals surface area contributed by atoms with Gasteiger partial charge in [-0.15, -0.1) is 0 Å². The number of amides is 1. The molecule has 0 aliphatic carbocycles. The molecule has 1 atom stereocenters. The number of hydrogen-bond acceptors (Lipinski definition) is 4. The summed E-state index contributed by atoms with van der Waals surface area (Å²) in [5, 5.41) is 0. The van der Waals surface area contributed by atoms with Crippen molar-refractivity contribution >= 4 is 5.91 Å². The summed E-state index contributed by atoms with van der Waals surface area (Å²) in [6, 6.07) is -0.607. The zero-order valence-corrected chi connectivity index (χ0v) is 10.6. The van der Waals surface area contributed by atoms with E-state index in [1.807, 2.05) is 27.7 Å². The number of nitrogens with zero attached hydrogens (tertiary/aromatic N) is 1. The average Bonchev–Trinajstić information content (AvgIpc) is 1.96. The van der Waals surface area contributed by atoms with Crippen LogP contribution in [-0.2, 0) is 9.53 Å². The summed E-state index contributed by atoms with van der Waals surface area (Å²) in [5.41, 5.74) is 10.4. The molecule has 0 aromatic rings. The Bertz CT molecular complexity index is 260. The second-order valence-electron chi connectivity index (χ2n) is 5.80. The number of nitrogens with two attached hydrogens (primary N) is 2. The van der Waals surface area contributed by atoms with Crippen molar-refractivity contribution in [1.29, 1.82) is 0 Å². The highest BCUT2D eigenvalue weighted by Gasteiger charge is 2.38. The second kappa shape index (κ2) is 4.31. The molecular weight excluding hydrogens is 206 g/mol. The summed E-state index contributed by atoms with van der Waals surface area (Å²) < 4.78 is 5.93. The van der Waals surface area contributed by atoms with Crippen LogP contribution < -0.4 is 11.5 Å². The quantitative estimate of drug-likeness (QED) is 0.695. The molecule has 0 saturated carbocycles. The Morgan fingerprint density at radius 3 is 2.12 bits per heavy atom. The molecule has 0 radical (unpaired) electrons. The van der Waals surface area contributed by atoms with E-state index in [1.54, 1.807) is 0 Å². The Morgan fingerprint density at radius 1 is 1.31 bits per heavy atom. The van der Waals surface area contributed by atoms with Crippen LogP contribution in [0.2, 0.25) is 0 Å². The number of ether oxygens (including phenoxy) is 1. The molecule has 1 saturated heterocycles. The molecule has 1 fully saturated rings. The first-order valence-corrected chi connectivity index (χ1v) is 5.59.